The van der Waals surface area contributed by atoms with Crippen LogP contribution in [-0.4, -0.2) is 42.2 Å². The normalized spacial score (nSPS) is 21.3. The summed E-state index contributed by atoms with van der Waals surface area (Å²) in [5.41, 5.74) is 0.114. The zero-order valence-corrected chi connectivity index (χ0v) is 13.6. The molecule has 3 aliphatic rings. The molecule has 3 aliphatic heterocycles. The van der Waals surface area contributed by atoms with Crippen molar-refractivity contribution in [3.8, 4) is 0 Å². The van der Waals surface area contributed by atoms with Crippen LogP contribution in [0.15, 0.2) is 16.0 Å². The molecular weight excluding hydrogens is 320 g/mol. The third-order valence-electron chi connectivity index (χ3n) is 4.72. The Bertz CT molecular complexity index is 714. The van der Waals surface area contributed by atoms with Gasteiger partial charge in [-0.2, -0.15) is 0 Å². The van der Waals surface area contributed by atoms with E-state index in [1.165, 1.54) is 11.0 Å². The van der Waals surface area contributed by atoms with Gasteiger partial charge in [-0.25, -0.2) is 8.78 Å². The molecule has 0 N–H and O–H groups in total. The maximum absolute atomic E-state index is 15.0. The molecule has 122 valence electrons. The molecule has 0 saturated carbocycles. The smallest absolute Gasteiger partial charge is 0.261 e. The highest BCUT2D eigenvalue weighted by Gasteiger charge is 2.37. The summed E-state index contributed by atoms with van der Waals surface area (Å²) in [7, 11) is 0. The fourth-order valence-corrected chi connectivity index (χ4v) is 4.38. The van der Waals surface area contributed by atoms with Crippen LogP contribution >= 0.6 is 11.8 Å². The second-order valence-electron chi connectivity index (χ2n) is 6.29. The molecule has 23 heavy (non-hydrogen) atoms. The maximum atomic E-state index is 15.0. The quantitative estimate of drug-likeness (QED) is 0.790. The number of thioether (sulfide) groups is 1. The van der Waals surface area contributed by atoms with E-state index in [1.54, 1.807) is 4.90 Å². The Morgan fingerprint density at radius 2 is 2.00 bits per heavy atom. The standard InChI is InChI=1S/C16H17F2N3OS/c1-9-2-5-20(6-3-9)13-11(17)8-10-14(12(13)18)23-16-19-4-7-21(16)15(10)22/h8-9H,2-7H2,1H3. The predicted octanol–water partition coefficient (Wildman–Crippen LogP) is 3.12. The molecule has 4 rings (SSSR count). The highest BCUT2D eigenvalue weighted by atomic mass is 32.2. The lowest BCUT2D eigenvalue weighted by Gasteiger charge is -2.34. The van der Waals surface area contributed by atoms with Crippen LogP contribution in [-0.2, 0) is 0 Å². The molecule has 1 saturated heterocycles. The number of carbonyl (C=O) groups is 1. The van der Waals surface area contributed by atoms with Crippen molar-refractivity contribution in [2.75, 3.05) is 31.1 Å². The monoisotopic (exact) mass is 337 g/mol. The molecule has 0 spiro atoms. The first-order valence-corrected chi connectivity index (χ1v) is 8.69. The second kappa shape index (κ2) is 5.47. The van der Waals surface area contributed by atoms with Crippen molar-refractivity contribution >= 4 is 28.5 Å². The van der Waals surface area contributed by atoms with Gasteiger partial charge in [0.2, 0.25) is 0 Å². The van der Waals surface area contributed by atoms with E-state index in [4.69, 9.17) is 0 Å². The van der Waals surface area contributed by atoms with Crippen molar-refractivity contribution in [3.63, 3.8) is 0 Å². The average molecular weight is 337 g/mol. The molecule has 1 fully saturated rings. The largest absolute Gasteiger partial charge is 0.367 e. The van der Waals surface area contributed by atoms with Crippen molar-refractivity contribution < 1.29 is 13.6 Å². The highest BCUT2D eigenvalue weighted by molar-refractivity contribution is 8.14. The summed E-state index contributed by atoms with van der Waals surface area (Å²) in [5.74, 6) is -1.05. The van der Waals surface area contributed by atoms with Gasteiger partial charge in [0.25, 0.3) is 5.91 Å². The third-order valence-corrected chi connectivity index (χ3v) is 5.85. The van der Waals surface area contributed by atoms with E-state index in [9.17, 15) is 13.6 Å². The minimum atomic E-state index is -0.649. The summed E-state index contributed by atoms with van der Waals surface area (Å²) in [6, 6.07) is 1.19. The molecule has 1 aromatic rings. The molecule has 0 aliphatic carbocycles. The van der Waals surface area contributed by atoms with Crippen LogP contribution < -0.4 is 4.90 Å². The minimum Gasteiger partial charge on any atom is -0.367 e. The molecule has 1 aromatic carbocycles. The lowest BCUT2D eigenvalue weighted by molar-refractivity contribution is 0.0853. The molecule has 7 heteroatoms. The predicted molar refractivity (Wildman–Crippen MR) is 86.2 cm³/mol. The zero-order chi connectivity index (χ0) is 16.1. The van der Waals surface area contributed by atoms with Gasteiger partial charge in [-0.05, 0) is 36.6 Å². The number of anilines is 1. The van der Waals surface area contributed by atoms with E-state index < -0.39 is 11.6 Å². The summed E-state index contributed by atoms with van der Waals surface area (Å²) < 4.78 is 29.5. The van der Waals surface area contributed by atoms with Gasteiger partial charge in [0, 0.05) is 19.6 Å². The topological polar surface area (TPSA) is 35.9 Å². The summed E-state index contributed by atoms with van der Waals surface area (Å²) in [5, 5.41) is 0.520. The van der Waals surface area contributed by atoms with Crippen LogP contribution in [0.1, 0.15) is 30.1 Å². The van der Waals surface area contributed by atoms with Gasteiger partial charge in [0.1, 0.15) is 11.5 Å². The minimum absolute atomic E-state index is 0.00277. The van der Waals surface area contributed by atoms with Crippen LogP contribution in [0.4, 0.5) is 14.5 Å². The SMILES string of the molecule is CC1CCN(c2c(F)cc3c(c2F)SC2=NCCN2C3=O)CC1. The molecule has 0 bridgehead atoms. The first-order valence-electron chi connectivity index (χ1n) is 7.87. The number of carbonyl (C=O) groups excluding carboxylic acids is 1. The zero-order valence-electron chi connectivity index (χ0n) is 12.8. The van der Waals surface area contributed by atoms with Gasteiger partial charge in [0.15, 0.2) is 11.0 Å². The Kier molecular flexibility index (Phi) is 3.55. The summed E-state index contributed by atoms with van der Waals surface area (Å²) in [6.07, 6.45) is 1.84. The van der Waals surface area contributed by atoms with Gasteiger partial charge in [-0.15, -0.1) is 0 Å². The van der Waals surface area contributed by atoms with E-state index in [1.807, 2.05) is 0 Å². The fraction of sp³-hybridized carbons (Fsp3) is 0.500. The van der Waals surface area contributed by atoms with E-state index in [2.05, 4.69) is 11.9 Å². The first kappa shape index (κ1) is 14.9. The lowest BCUT2D eigenvalue weighted by Crippen LogP contribution is -2.38. The van der Waals surface area contributed by atoms with Crippen molar-refractivity contribution in [2.24, 2.45) is 10.9 Å². The Labute approximate surface area is 137 Å². The van der Waals surface area contributed by atoms with Gasteiger partial charge in [-0.3, -0.25) is 14.7 Å². The van der Waals surface area contributed by atoms with E-state index >= 15 is 0 Å². The third kappa shape index (κ3) is 2.33. The molecule has 0 radical (unpaired) electrons. The molecule has 1 amide bonds. The maximum Gasteiger partial charge on any atom is 0.261 e. The van der Waals surface area contributed by atoms with E-state index in [-0.39, 0.29) is 22.1 Å². The molecule has 0 unspecified atom stereocenters. The van der Waals surface area contributed by atoms with Gasteiger partial charge < -0.3 is 4.90 Å². The van der Waals surface area contributed by atoms with Crippen LogP contribution in [0, 0.1) is 17.6 Å². The van der Waals surface area contributed by atoms with Crippen molar-refractivity contribution in [3.05, 3.63) is 23.3 Å². The van der Waals surface area contributed by atoms with Crippen LogP contribution in [0.3, 0.4) is 0 Å². The molecule has 3 heterocycles. The molecule has 0 aromatic heterocycles. The Hall–Kier alpha value is -1.63. The van der Waals surface area contributed by atoms with Crippen molar-refractivity contribution in [1.82, 2.24) is 4.90 Å². The number of benzene rings is 1. The number of hydrogen-bond acceptors (Lipinski definition) is 4. The number of amides is 1. The number of amidine groups is 1. The molecule has 0 atom stereocenters. The number of rotatable bonds is 1. The van der Waals surface area contributed by atoms with Crippen LogP contribution in [0.2, 0.25) is 0 Å². The number of piperidine rings is 1. The summed E-state index contributed by atoms with van der Waals surface area (Å²) in [4.78, 5) is 20.1. The summed E-state index contributed by atoms with van der Waals surface area (Å²) >= 11 is 1.13. The van der Waals surface area contributed by atoms with Crippen LogP contribution in [0.5, 0.6) is 0 Å². The highest BCUT2D eigenvalue weighted by Crippen LogP contribution is 2.41. The Morgan fingerprint density at radius 1 is 1.26 bits per heavy atom. The fourth-order valence-electron chi connectivity index (χ4n) is 3.31. The number of aliphatic imine (C=N–C) groups is 1. The average Bonchev–Trinajstić information content (AvgIpc) is 3.00. The molecular formula is C16H17F2N3OS. The molecule has 4 nitrogen and oxygen atoms in total. The summed E-state index contributed by atoms with van der Waals surface area (Å²) in [6.45, 7) is 4.43. The van der Waals surface area contributed by atoms with Crippen molar-refractivity contribution in [1.29, 1.82) is 0 Å². The number of hydrogen-bond donors (Lipinski definition) is 0. The van der Waals surface area contributed by atoms with Gasteiger partial charge in [-0.1, -0.05) is 6.92 Å². The van der Waals surface area contributed by atoms with Crippen molar-refractivity contribution in [2.45, 2.75) is 24.7 Å². The Balaban J connectivity index is 1.77. The van der Waals surface area contributed by atoms with Gasteiger partial charge >= 0.3 is 0 Å². The number of nitrogens with zero attached hydrogens (tertiary/aromatic N) is 3. The van der Waals surface area contributed by atoms with E-state index in [0.29, 0.717) is 37.3 Å². The lowest BCUT2D eigenvalue weighted by atomic mass is 9.98. The first-order chi connectivity index (χ1) is 11.1. The van der Waals surface area contributed by atoms with Crippen LogP contribution in [0.25, 0.3) is 0 Å². The number of fused-ring (bicyclic) bond motifs is 2. The second-order valence-corrected chi connectivity index (χ2v) is 7.27. The Morgan fingerprint density at radius 3 is 2.74 bits per heavy atom. The van der Waals surface area contributed by atoms with Gasteiger partial charge in [0.05, 0.1) is 17.0 Å². The van der Waals surface area contributed by atoms with E-state index in [0.717, 1.165) is 24.6 Å². The number of halogens is 2.